The molecule has 0 saturated carbocycles. The van der Waals surface area contributed by atoms with Crippen LogP contribution in [0.3, 0.4) is 0 Å². The highest BCUT2D eigenvalue weighted by atomic mass is 35.5. The van der Waals surface area contributed by atoms with Crippen molar-refractivity contribution in [2.75, 3.05) is 0 Å². The molecule has 0 aliphatic heterocycles. The van der Waals surface area contributed by atoms with Crippen molar-refractivity contribution < 1.29 is 24.2 Å². The third-order valence-corrected chi connectivity index (χ3v) is 2.73. The molecule has 2 aromatic rings. The maximum Gasteiger partial charge on any atom is 0.374 e. The average molecular weight is 302 g/mol. The van der Waals surface area contributed by atoms with Crippen molar-refractivity contribution in [1.29, 1.82) is 0 Å². The van der Waals surface area contributed by atoms with Crippen LogP contribution in [0.15, 0.2) is 22.6 Å². The Labute approximate surface area is 116 Å². The Hall–Kier alpha value is -2.05. The van der Waals surface area contributed by atoms with Crippen LogP contribution in [-0.2, 0) is 0 Å². The standard InChI is InChI=1S/C11H5Cl2NO5/c12-4-1-2-5(6(13)3-4)9-14-7(10(15)16)8(19-9)11(17)18/h1-3H,(H,15,16)(H,17,18). The second kappa shape index (κ2) is 4.91. The SMILES string of the molecule is O=C(O)c1nc(-c2ccc(Cl)cc2Cl)oc1C(=O)O. The van der Waals surface area contributed by atoms with Crippen molar-refractivity contribution in [2.24, 2.45) is 0 Å². The molecule has 1 aromatic carbocycles. The van der Waals surface area contributed by atoms with Gasteiger partial charge in [-0.2, -0.15) is 0 Å². The number of oxazole rings is 1. The van der Waals surface area contributed by atoms with Gasteiger partial charge in [0.15, 0.2) is 0 Å². The summed E-state index contributed by atoms with van der Waals surface area (Å²) < 4.78 is 4.93. The number of benzene rings is 1. The molecule has 2 rings (SSSR count). The molecule has 0 unspecified atom stereocenters. The van der Waals surface area contributed by atoms with Gasteiger partial charge in [0.25, 0.3) is 0 Å². The van der Waals surface area contributed by atoms with Gasteiger partial charge in [0, 0.05) is 5.02 Å². The lowest BCUT2D eigenvalue weighted by Gasteiger charge is -1.99. The summed E-state index contributed by atoms with van der Waals surface area (Å²) in [6.07, 6.45) is 0. The molecule has 0 saturated heterocycles. The summed E-state index contributed by atoms with van der Waals surface area (Å²) >= 11 is 11.6. The monoisotopic (exact) mass is 301 g/mol. The van der Waals surface area contributed by atoms with Gasteiger partial charge in [-0.05, 0) is 18.2 Å². The maximum atomic E-state index is 10.9. The molecule has 0 fully saturated rings. The smallest absolute Gasteiger partial charge is 0.374 e. The molecule has 0 spiro atoms. The van der Waals surface area contributed by atoms with Crippen molar-refractivity contribution >= 4 is 35.1 Å². The highest BCUT2D eigenvalue weighted by Gasteiger charge is 2.26. The Bertz CT molecular complexity index is 648. The number of hydrogen-bond acceptors (Lipinski definition) is 4. The van der Waals surface area contributed by atoms with E-state index in [9.17, 15) is 9.59 Å². The average Bonchev–Trinajstić information content (AvgIpc) is 2.73. The molecule has 0 amide bonds. The summed E-state index contributed by atoms with van der Waals surface area (Å²) in [5, 5.41) is 18.2. The zero-order valence-corrected chi connectivity index (χ0v) is 10.6. The van der Waals surface area contributed by atoms with Crippen LogP contribution in [0.2, 0.25) is 10.0 Å². The number of carboxylic acid groups (broad SMARTS) is 2. The molecule has 0 radical (unpaired) electrons. The van der Waals surface area contributed by atoms with Crippen LogP contribution in [0.1, 0.15) is 21.0 Å². The van der Waals surface area contributed by atoms with Crippen LogP contribution in [0.4, 0.5) is 0 Å². The van der Waals surface area contributed by atoms with E-state index in [2.05, 4.69) is 4.98 Å². The lowest BCUT2D eigenvalue weighted by Crippen LogP contribution is -2.05. The fourth-order valence-electron chi connectivity index (χ4n) is 1.39. The minimum atomic E-state index is -1.53. The summed E-state index contributed by atoms with van der Waals surface area (Å²) in [6, 6.07) is 4.35. The fraction of sp³-hybridized carbons (Fsp3) is 0. The second-order valence-corrected chi connectivity index (χ2v) is 4.27. The van der Waals surface area contributed by atoms with Gasteiger partial charge in [-0.1, -0.05) is 23.2 Å². The zero-order chi connectivity index (χ0) is 14.2. The van der Waals surface area contributed by atoms with E-state index < -0.39 is 23.4 Å². The van der Waals surface area contributed by atoms with Crippen molar-refractivity contribution in [3.63, 3.8) is 0 Å². The van der Waals surface area contributed by atoms with E-state index >= 15 is 0 Å². The summed E-state index contributed by atoms with van der Waals surface area (Å²) in [5.74, 6) is -3.98. The number of carbonyl (C=O) groups is 2. The third kappa shape index (κ3) is 2.54. The van der Waals surface area contributed by atoms with Crippen molar-refractivity contribution in [3.8, 4) is 11.5 Å². The highest BCUT2D eigenvalue weighted by molar-refractivity contribution is 6.36. The minimum Gasteiger partial charge on any atom is -0.476 e. The van der Waals surface area contributed by atoms with Crippen molar-refractivity contribution in [1.82, 2.24) is 4.98 Å². The number of aromatic carboxylic acids is 2. The summed E-state index contributed by atoms with van der Waals surface area (Å²) in [6.45, 7) is 0. The van der Waals surface area contributed by atoms with Crippen LogP contribution in [0.25, 0.3) is 11.5 Å². The first-order chi connectivity index (χ1) is 8.90. The Morgan fingerprint density at radius 3 is 2.32 bits per heavy atom. The minimum absolute atomic E-state index is 0.169. The maximum absolute atomic E-state index is 10.9. The fourth-order valence-corrected chi connectivity index (χ4v) is 1.88. The molecule has 0 atom stereocenters. The number of carboxylic acids is 2. The highest BCUT2D eigenvalue weighted by Crippen LogP contribution is 2.31. The summed E-state index contributed by atoms with van der Waals surface area (Å²) in [5.41, 5.74) is -0.436. The molecular formula is C11H5Cl2NO5. The summed E-state index contributed by atoms with van der Waals surface area (Å²) in [7, 11) is 0. The number of nitrogens with zero attached hydrogens (tertiary/aromatic N) is 1. The lowest BCUT2D eigenvalue weighted by atomic mass is 10.2. The Morgan fingerprint density at radius 1 is 1.16 bits per heavy atom. The molecule has 2 N–H and O–H groups in total. The van der Waals surface area contributed by atoms with Gasteiger partial charge in [-0.3, -0.25) is 0 Å². The van der Waals surface area contributed by atoms with E-state index in [1.807, 2.05) is 0 Å². The number of hydrogen-bond donors (Lipinski definition) is 2. The largest absolute Gasteiger partial charge is 0.476 e. The Balaban J connectivity index is 2.60. The van der Waals surface area contributed by atoms with E-state index in [-0.39, 0.29) is 16.5 Å². The van der Waals surface area contributed by atoms with Crippen LogP contribution in [0, 0.1) is 0 Å². The van der Waals surface area contributed by atoms with Crippen LogP contribution < -0.4 is 0 Å². The van der Waals surface area contributed by atoms with Gasteiger partial charge in [-0.25, -0.2) is 14.6 Å². The van der Waals surface area contributed by atoms with Gasteiger partial charge in [-0.15, -0.1) is 0 Å². The van der Waals surface area contributed by atoms with Gasteiger partial charge < -0.3 is 14.6 Å². The first kappa shape index (κ1) is 13.4. The van der Waals surface area contributed by atoms with Gasteiger partial charge >= 0.3 is 11.9 Å². The lowest BCUT2D eigenvalue weighted by molar-refractivity contribution is 0.0624. The zero-order valence-electron chi connectivity index (χ0n) is 9.05. The molecular weight excluding hydrogens is 297 g/mol. The van der Waals surface area contributed by atoms with Gasteiger partial charge in [0.1, 0.15) is 0 Å². The second-order valence-electron chi connectivity index (χ2n) is 3.43. The molecule has 98 valence electrons. The number of halogens is 2. The molecule has 0 aliphatic carbocycles. The molecule has 1 heterocycles. The quantitative estimate of drug-likeness (QED) is 0.903. The molecule has 0 aliphatic rings. The normalized spacial score (nSPS) is 10.4. The Kier molecular flexibility index (Phi) is 3.46. The first-order valence-electron chi connectivity index (χ1n) is 4.83. The molecule has 6 nitrogen and oxygen atoms in total. The number of aromatic nitrogens is 1. The third-order valence-electron chi connectivity index (χ3n) is 2.19. The first-order valence-corrected chi connectivity index (χ1v) is 5.58. The van der Waals surface area contributed by atoms with Crippen LogP contribution in [-0.4, -0.2) is 27.1 Å². The predicted octanol–water partition coefficient (Wildman–Crippen LogP) is 3.04. The van der Waals surface area contributed by atoms with Crippen molar-refractivity contribution in [3.05, 3.63) is 39.7 Å². The van der Waals surface area contributed by atoms with E-state index in [0.717, 1.165) is 0 Å². The Morgan fingerprint density at radius 2 is 1.84 bits per heavy atom. The molecule has 1 aromatic heterocycles. The van der Waals surface area contributed by atoms with E-state index in [1.165, 1.54) is 18.2 Å². The van der Waals surface area contributed by atoms with E-state index in [4.69, 9.17) is 37.8 Å². The molecule has 8 heteroatoms. The van der Waals surface area contributed by atoms with E-state index in [1.54, 1.807) is 0 Å². The topological polar surface area (TPSA) is 101 Å². The molecule has 19 heavy (non-hydrogen) atoms. The van der Waals surface area contributed by atoms with E-state index in [0.29, 0.717) is 5.02 Å². The van der Waals surface area contributed by atoms with Gasteiger partial charge in [0.05, 0.1) is 10.6 Å². The number of rotatable bonds is 3. The predicted molar refractivity (Wildman–Crippen MR) is 65.9 cm³/mol. The summed E-state index contributed by atoms with van der Waals surface area (Å²) in [4.78, 5) is 25.3. The van der Waals surface area contributed by atoms with Crippen LogP contribution >= 0.6 is 23.2 Å². The van der Waals surface area contributed by atoms with Gasteiger partial charge in [0.2, 0.25) is 17.3 Å². The van der Waals surface area contributed by atoms with Crippen molar-refractivity contribution in [2.45, 2.75) is 0 Å². The van der Waals surface area contributed by atoms with Crippen LogP contribution in [0.5, 0.6) is 0 Å². The molecule has 0 bridgehead atoms.